The number of fused-ring (bicyclic) bond motifs is 1. The van der Waals surface area contributed by atoms with E-state index in [-0.39, 0.29) is 17.7 Å². The van der Waals surface area contributed by atoms with Gasteiger partial charge in [-0.15, -0.1) is 22.0 Å². The van der Waals surface area contributed by atoms with Crippen LogP contribution in [0.3, 0.4) is 0 Å². The number of ether oxygens (including phenoxy) is 1. The lowest BCUT2D eigenvalue weighted by atomic mass is 9.76. The molecule has 0 radical (unpaired) electrons. The molecule has 0 bridgehead atoms. The standard InChI is InChI=1S/C30H35F3N6O2S/c1-4-42-27-11-21(29(16-41-17-29)12-26-36-34-18-37(26)3)10-25(35-27)39-15-23-22(28(39)40)8-20(9-24(23)30(31,32)33)14-38-7-5-6-19(2)13-38/h8-11,18-19H,4-7,12-17H2,1-3H3/t19-/m0/s1. The number of nitrogens with zero attached hydrogens (tertiary/aromatic N) is 6. The van der Waals surface area contributed by atoms with E-state index in [0.717, 1.165) is 43.1 Å². The van der Waals surface area contributed by atoms with E-state index in [0.29, 0.717) is 48.5 Å². The summed E-state index contributed by atoms with van der Waals surface area (Å²) >= 11 is 1.53. The molecule has 3 aliphatic rings. The van der Waals surface area contributed by atoms with Crippen molar-refractivity contribution in [2.75, 3.05) is 37.0 Å². The zero-order chi connectivity index (χ0) is 29.6. The van der Waals surface area contributed by atoms with Gasteiger partial charge < -0.3 is 9.30 Å². The number of hydrogen-bond acceptors (Lipinski definition) is 7. The number of amides is 1. The molecule has 0 saturated carbocycles. The molecule has 2 fully saturated rings. The lowest BCUT2D eigenvalue weighted by molar-refractivity contribution is -0.138. The highest BCUT2D eigenvalue weighted by molar-refractivity contribution is 7.99. The molecule has 1 amide bonds. The van der Waals surface area contributed by atoms with Crippen LogP contribution >= 0.6 is 11.8 Å². The highest BCUT2D eigenvalue weighted by atomic mass is 32.2. The number of anilines is 1. The predicted octanol–water partition coefficient (Wildman–Crippen LogP) is 5.24. The molecule has 2 saturated heterocycles. The number of benzene rings is 1. The normalized spacial score (nSPS) is 20.6. The Morgan fingerprint density at radius 1 is 1.19 bits per heavy atom. The zero-order valence-electron chi connectivity index (χ0n) is 24.1. The third kappa shape index (κ3) is 5.56. The summed E-state index contributed by atoms with van der Waals surface area (Å²) in [5, 5.41) is 8.97. The Balaban J connectivity index is 1.36. The Morgan fingerprint density at radius 2 is 2.00 bits per heavy atom. The summed E-state index contributed by atoms with van der Waals surface area (Å²) in [5.74, 6) is 1.96. The second-order valence-corrected chi connectivity index (χ2v) is 13.1. The first-order valence-electron chi connectivity index (χ1n) is 14.4. The number of thioether (sulfide) groups is 1. The number of carbonyl (C=O) groups is 1. The van der Waals surface area contributed by atoms with Gasteiger partial charge in [0.2, 0.25) is 0 Å². The number of rotatable bonds is 8. The van der Waals surface area contributed by atoms with Crippen LogP contribution in [-0.4, -0.2) is 62.6 Å². The molecule has 6 rings (SSSR count). The lowest BCUT2D eigenvalue weighted by Gasteiger charge is -2.42. The van der Waals surface area contributed by atoms with Crippen LogP contribution < -0.4 is 4.90 Å². The summed E-state index contributed by atoms with van der Waals surface area (Å²) in [4.78, 5) is 22.2. The molecule has 1 aromatic carbocycles. The number of hydrogen-bond donors (Lipinski definition) is 0. The van der Waals surface area contributed by atoms with Crippen molar-refractivity contribution in [1.29, 1.82) is 0 Å². The maximum Gasteiger partial charge on any atom is 0.416 e. The van der Waals surface area contributed by atoms with E-state index in [1.807, 2.05) is 30.7 Å². The van der Waals surface area contributed by atoms with E-state index in [2.05, 4.69) is 22.0 Å². The predicted molar refractivity (Wildman–Crippen MR) is 153 cm³/mol. The second kappa shape index (κ2) is 11.3. The van der Waals surface area contributed by atoms with E-state index in [1.54, 1.807) is 12.4 Å². The SMILES string of the molecule is CCSc1cc(C2(Cc3nncn3C)COC2)cc(N2Cc3c(cc(CN4CCC[C@H](C)C4)cc3C(F)(F)F)C2=O)n1. The molecule has 0 unspecified atom stereocenters. The summed E-state index contributed by atoms with van der Waals surface area (Å²) < 4.78 is 50.7. The minimum atomic E-state index is -4.58. The van der Waals surface area contributed by atoms with E-state index in [9.17, 15) is 18.0 Å². The van der Waals surface area contributed by atoms with Gasteiger partial charge in [-0.3, -0.25) is 14.6 Å². The average molecular weight is 601 g/mol. The fourth-order valence-corrected chi connectivity index (χ4v) is 7.00. The van der Waals surface area contributed by atoms with Gasteiger partial charge in [-0.2, -0.15) is 13.2 Å². The number of pyridine rings is 1. The summed E-state index contributed by atoms with van der Waals surface area (Å²) in [6, 6.07) is 6.74. The fourth-order valence-electron chi connectivity index (χ4n) is 6.33. The summed E-state index contributed by atoms with van der Waals surface area (Å²) in [5.41, 5.74) is 0.443. The molecule has 5 heterocycles. The highest BCUT2D eigenvalue weighted by Gasteiger charge is 2.44. The maximum absolute atomic E-state index is 14.4. The van der Waals surface area contributed by atoms with Crippen molar-refractivity contribution in [2.24, 2.45) is 13.0 Å². The van der Waals surface area contributed by atoms with Crippen molar-refractivity contribution in [1.82, 2.24) is 24.6 Å². The molecule has 0 aliphatic carbocycles. The maximum atomic E-state index is 14.4. The largest absolute Gasteiger partial charge is 0.416 e. The van der Waals surface area contributed by atoms with Crippen molar-refractivity contribution in [2.45, 2.75) is 62.8 Å². The van der Waals surface area contributed by atoms with Crippen LogP contribution in [0.5, 0.6) is 0 Å². The highest BCUT2D eigenvalue weighted by Crippen LogP contribution is 2.42. The molecular weight excluding hydrogens is 565 g/mol. The number of aryl methyl sites for hydroxylation is 1. The molecule has 1 atom stereocenters. The molecule has 3 aliphatic heterocycles. The van der Waals surface area contributed by atoms with Gasteiger partial charge in [0.1, 0.15) is 18.0 Å². The molecule has 0 N–H and O–H groups in total. The molecule has 2 aromatic heterocycles. The quantitative estimate of drug-likeness (QED) is 0.327. The minimum Gasteiger partial charge on any atom is -0.379 e. The van der Waals surface area contributed by atoms with Crippen molar-refractivity contribution in [3.8, 4) is 0 Å². The monoisotopic (exact) mass is 600 g/mol. The third-order valence-corrected chi connectivity index (χ3v) is 9.38. The van der Waals surface area contributed by atoms with Gasteiger partial charge in [-0.1, -0.05) is 13.8 Å². The number of aromatic nitrogens is 4. The van der Waals surface area contributed by atoms with E-state index >= 15 is 0 Å². The molecule has 12 heteroatoms. The topological polar surface area (TPSA) is 76.4 Å². The summed E-state index contributed by atoms with van der Waals surface area (Å²) in [6.45, 7) is 7.00. The van der Waals surface area contributed by atoms with Crippen molar-refractivity contribution in [3.63, 3.8) is 0 Å². The Bertz CT molecular complexity index is 1490. The average Bonchev–Trinajstić information content (AvgIpc) is 3.47. The van der Waals surface area contributed by atoms with Gasteiger partial charge >= 0.3 is 6.18 Å². The first-order valence-corrected chi connectivity index (χ1v) is 15.4. The number of carbonyl (C=O) groups excluding carboxylic acids is 1. The van der Waals surface area contributed by atoms with Gasteiger partial charge in [0.05, 0.1) is 30.3 Å². The van der Waals surface area contributed by atoms with Crippen LogP contribution in [0.4, 0.5) is 19.0 Å². The van der Waals surface area contributed by atoms with Crippen LogP contribution in [0.2, 0.25) is 0 Å². The van der Waals surface area contributed by atoms with Crippen LogP contribution in [0.1, 0.15) is 65.1 Å². The fraction of sp³-hybridized carbons (Fsp3) is 0.533. The first-order chi connectivity index (χ1) is 20.1. The number of halogens is 3. The van der Waals surface area contributed by atoms with Gasteiger partial charge in [0.15, 0.2) is 0 Å². The van der Waals surface area contributed by atoms with Crippen molar-refractivity contribution in [3.05, 3.63) is 64.2 Å². The van der Waals surface area contributed by atoms with Crippen LogP contribution in [0.15, 0.2) is 35.6 Å². The summed E-state index contributed by atoms with van der Waals surface area (Å²) in [6.07, 6.45) is -0.203. The molecule has 3 aromatic rings. The molecule has 8 nitrogen and oxygen atoms in total. The first kappa shape index (κ1) is 29.1. The van der Waals surface area contributed by atoms with Gasteiger partial charge in [-0.25, -0.2) is 4.98 Å². The van der Waals surface area contributed by atoms with E-state index < -0.39 is 23.1 Å². The Morgan fingerprint density at radius 3 is 2.64 bits per heavy atom. The Hall–Kier alpha value is -2.96. The molecule has 42 heavy (non-hydrogen) atoms. The lowest BCUT2D eigenvalue weighted by Crippen LogP contribution is -2.49. The van der Waals surface area contributed by atoms with Gasteiger partial charge in [-0.05, 0) is 72.0 Å². The van der Waals surface area contributed by atoms with Crippen LogP contribution in [-0.2, 0) is 42.9 Å². The van der Waals surface area contributed by atoms with Crippen molar-refractivity contribution >= 4 is 23.5 Å². The van der Waals surface area contributed by atoms with Gasteiger partial charge in [0, 0.05) is 37.5 Å². The minimum absolute atomic E-state index is 0.0148. The smallest absolute Gasteiger partial charge is 0.379 e. The molecule has 224 valence electrons. The summed E-state index contributed by atoms with van der Waals surface area (Å²) in [7, 11) is 1.89. The van der Waals surface area contributed by atoms with Crippen LogP contribution in [0, 0.1) is 5.92 Å². The van der Waals surface area contributed by atoms with Gasteiger partial charge in [0.25, 0.3) is 5.91 Å². The van der Waals surface area contributed by atoms with Crippen molar-refractivity contribution < 1.29 is 22.7 Å². The molecular formula is C30H35F3N6O2S. The zero-order valence-corrected chi connectivity index (χ0v) is 24.9. The second-order valence-electron chi connectivity index (χ2n) is 11.8. The third-order valence-electron chi connectivity index (χ3n) is 8.58. The Labute approximate surface area is 247 Å². The molecule has 0 spiro atoms. The van der Waals surface area contributed by atoms with E-state index in [1.165, 1.54) is 22.7 Å². The van der Waals surface area contributed by atoms with E-state index in [4.69, 9.17) is 9.72 Å². The van der Waals surface area contributed by atoms with Crippen LogP contribution in [0.25, 0.3) is 0 Å². The number of alkyl halides is 3. The number of piperidine rings is 1. The Kier molecular flexibility index (Phi) is 7.82. The number of likely N-dealkylation sites (tertiary alicyclic amines) is 1.